The van der Waals surface area contributed by atoms with Gasteiger partial charge in [-0.15, -0.1) is 0 Å². The predicted octanol–water partition coefficient (Wildman–Crippen LogP) is 4.62. The molecule has 0 aliphatic carbocycles. The Morgan fingerprint density at radius 2 is 1.46 bits per heavy atom. The highest BCUT2D eigenvalue weighted by molar-refractivity contribution is 7.89. The smallest absolute Gasteiger partial charge is 0.255 e. The van der Waals surface area contributed by atoms with E-state index in [2.05, 4.69) is 10.5 Å². The highest BCUT2D eigenvalue weighted by Gasteiger charge is 2.26. The quantitative estimate of drug-likeness (QED) is 0.208. The SMILES string of the molecule is COc1cc(/C=N\NC(=O)CN(Cc2ccccc2)S(=O)(=O)c2ccccc2)ccc1OCc1ccccc1. The van der Waals surface area contributed by atoms with Gasteiger partial charge in [0.2, 0.25) is 10.0 Å². The van der Waals surface area contributed by atoms with Gasteiger partial charge in [-0.05, 0) is 47.0 Å². The molecule has 0 aliphatic rings. The molecule has 4 aromatic carbocycles. The molecule has 0 aliphatic heterocycles. The molecule has 9 heteroatoms. The number of nitrogens with zero attached hydrogens (tertiary/aromatic N) is 2. The van der Waals surface area contributed by atoms with Gasteiger partial charge in [0.25, 0.3) is 5.91 Å². The van der Waals surface area contributed by atoms with Crippen LogP contribution < -0.4 is 14.9 Å². The van der Waals surface area contributed by atoms with E-state index in [0.717, 1.165) is 15.4 Å². The van der Waals surface area contributed by atoms with Crippen molar-refractivity contribution in [1.82, 2.24) is 9.73 Å². The number of hydrogen-bond acceptors (Lipinski definition) is 6. The van der Waals surface area contributed by atoms with Crippen LogP contribution in [0.1, 0.15) is 16.7 Å². The first-order valence-electron chi connectivity index (χ1n) is 12.2. The Kier molecular flexibility index (Phi) is 9.44. The van der Waals surface area contributed by atoms with Crippen LogP contribution >= 0.6 is 0 Å². The van der Waals surface area contributed by atoms with Gasteiger partial charge in [0.1, 0.15) is 6.61 Å². The second-order valence-corrected chi connectivity index (χ2v) is 10.5. The second-order valence-electron chi connectivity index (χ2n) is 8.55. The first-order valence-corrected chi connectivity index (χ1v) is 13.7. The molecule has 8 nitrogen and oxygen atoms in total. The first-order chi connectivity index (χ1) is 19.0. The summed E-state index contributed by atoms with van der Waals surface area (Å²) in [5, 5.41) is 4.01. The van der Waals surface area contributed by atoms with E-state index in [9.17, 15) is 13.2 Å². The number of rotatable bonds is 12. The molecule has 0 spiro atoms. The Hall–Kier alpha value is -4.47. The van der Waals surface area contributed by atoms with E-state index >= 15 is 0 Å². The van der Waals surface area contributed by atoms with Crippen LogP contribution in [-0.4, -0.2) is 38.5 Å². The van der Waals surface area contributed by atoms with E-state index in [1.54, 1.807) is 43.5 Å². The van der Waals surface area contributed by atoms with Gasteiger partial charge in [0.15, 0.2) is 11.5 Å². The van der Waals surface area contributed by atoms with Gasteiger partial charge < -0.3 is 9.47 Å². The molecular weight excluding hydrogens is 514 g/mol. The Morgan fingerprint density at radius 1 is 0.846 bits per heavy atom. The molecule has 0 unspecified atom stereocenters. The van der Waals surface area contributed by atoms with Gasteiger partial charge in [0, 0.05) is 6.54 Å². The molecule has 4 aromatic rings. The average molecular weight is 544 g/mol. The van der Waals surface area contributed by atoms with Crippen LogP contribution in [0.5, 0.6) is 11.5 Å². The number of hydrazone groups is 1. The lowest BCUT2D eigenvalue weighted by Crippen LogP contribution is -2.39. The van der Waals surface area contributed by atoms with Gasteiger partial charge in [-0.1, -0.05) is 78.9 Å². The Balaban J connectivity index is 1.41. The van der Waals surface area contributed by atoms with E-state index in [0.29, 0.717) is 23.7 Å². The van der Waals surface area contributed by atoms with Crippen LogP contribution in [0.4, 0.5) is 0 Å². The minimum atomic E-state index is -3.92. The number of ether oxygens (including phenoxy) is 2. The molecular formula is C30H29N3O5S. The molecule has 1 amide bonds. The Labute approximate surface area is 228 Å². The van der Waals surface area contributed by atoms with Crippen molar-refractivity contribution in [3.05, 3.63) is 126 Å². The summed E-state index contributed by atoms with van der Waals surface area (Å²) in [5.74, 6) is 0.519. The summed E-state index contributed by atoms with van der Waals surface area (Å²) < 4.78 is 39.0. The van der Waals surface area contributed by atoms with Crippen molar-refractivity contribution in [3.8, 4) is 11.5 Å². The van der Waals surface area contributed by atoms with E-state index < -0.39 is 22.5 Å². The van der Waals surface area contributed by atoms with Crippen molar-refractivity contribution >= 4 is 22.1 Å². The van der Waals surface area contributed by atoms with E-state index in [1.165, 1.54) is 18.3 Å². The topological polar surface area (TPSA) is 97.3 Å². The molecule has 4 rings (SSSR count). The highest BCUT2D eigenvalue weighted by Crippen LogP contribution is 2.28. The van der Waals surface area contributed by atoms with Crippen LogP contribution in [0.3, 0.4) is 0 Å². The minimum Gasteiger partial charge on any atom is -0.493 e. The zero-order chi connectivity index (χ0) is 27.5. The largest absolute Gasteiger partial charge is 0.493 e. The lowest BCUT2D eigenvalue weighted by Gasteiger charge is -2.21. The molecule has 0 fully saturated rings. The van der Waals surface area contributed by atoms with Crippen LogP contribution in [0.25, 0.3) is 0 Å². The fourth-order valence-electron chi connectivity index (χ4n) is 3.75. The third kappa shape index (κ3) is 7.76. The van der Waals surface area contributed by atoms with Crippen LogP contribution in [0.2, 0.25) is 0 Å². The standard InChI is InChI=1S/C30H29N3O5S/c1-37-29-19-26(17-18-28(29)38-23-25-13-7-3-8-14-25)20-31-32-30(34)22-33(21-24-11-5-2-6-12-24)39(35,36)27-15-9-4-10-16-27/h2-20H,21-23H2,1H3,(H,32,34)/b31-20-. The molecule has 0 bridgehead atoms. The summed E-state index contributed by atoms with van der Waals surface area (Å²) in [6, 6.07) is 32.2. The van der Waals surface area contributed by atoms with Crippen LogP contribution in [-0.2, 0) is 28.0 Å². The Bertz CT molecular complexity index is 1500. The first kappa shape index (κ1) is 27.6. The molecule has 0 saturated heterocycles. The third-order valence-corrected chi connectivity index (χ3v) is 7.54. The number of amides is 1. The number of benzene rings is 4. The van der Waals surface area contributed by atoms with Crippen molar-refractivity contribution in [2.24, 2.45) is 5.10 Å². The zero-order valence-electron chi connectivity index (χ0n) is 21.4. The van der Waals surface area contributed by atoms with Gasteiger partial charge in [-0.2, -0.15) is 9.41 Å². The maximum Gasteiger partial charge on any atom is 0.255 e. The fourth-order valence-corrected chi connectivity index (χ4v) is 5.15. The number of hydrogen-bond donors (Lipinski definition) is 1. The number of carbonyl (C=O) groups is 1. The number of nitrogens with one attached hydrogen (secondary N) is 1. The van der Waals surface area contributed by atoms with Crippen LogP contribution in [0.15, 0.2) is 119 Å². The number of methoxy groups -OCH3 is 1. The summed E-state index contributed by atoms with van der Waals surface area (Å²) >= 11 is 0. The summed E-state index contributed by atoms with van der Waals surface area (Å²) in [6.45, 7) is 0.0297. The molecule has 0 radical (unpaired) electrons. The lowest BCUT2D eigenvalue weighted by molar-refractivity contribution is -0.121. The minimum absolute atomic E-state index is 0.0385. The summed E-state index contributed by atoms with van der Waals surface area (Å²) in [6.07, 6.45) is 1.45. The van der Waals surface area contributed by atoms with Crippen molar-refractivity contribution < 1.29 is 22.7 Å². The predicted molar refractivity (Wildman–Crippen MR) is 150 cm³/mol. The maximum absolute atomic E-state index is 13.3. The zero-order valence-corrected chi connectivity index (χ0v) is 22.3. The molecule has 200 valence electrons. The van der Waals surface area contributed by atoms with E-state index in [4.69, 9.17) is 9.47 Å². The van der Waals surface area contributed by atoms with Crippen molar-refractivity contribution in [3.63, 3.8) is 0 Å². The third-order valence-electron chi connectivity index (χ3n) is 5.73. The van der Waals surface area contributed by atoms with E-state index in [-0.39, 0.29) is 11.4 Å². The molecule has 0 aromatic heterocycles. The van der Waals surface area contributed by atoms with Crippen molar-refractivity contribution in [1.29, 1.82) is 0 Å². The maximum atomic E-state index is 13.3. The average Bonchev–Trinajstić information content (AvgIpc) is 2.97. The number of sulfonamides is 1. The molecule has 0 heterocycles. The normalized spacial score (nSPS) is 11.4. The van der Waals surface area contributed by atoms with Gasteiger partial charge in [-0.3, -0.25) is 4.79 Å². The molecule has 39 heavy (non-hydrogen) atoms. The summed E-state index contributed by atoms with van der Waals surface area (Å²) in [7, 11) is -2.38. The highest BCUT2D eigenvalue weighted by atomic mass is 32.2. The molecule has 0 saturated carbocycles. The summed E-state index contributed by atoms with van der Waals surface area (Å²) in [5.41, 5.74) is 4.88. The van der Waals surface area contributed by atoms with Crippen LogP contribution in [0, 0.1) is 0 Å². The molecule has 0 atom stereocenters. The van der Waals surface area contributed by atoms with E-state index in [1.807, 2.05) is 60.7 Å². The summed E-state index contributed by atoms with van der Waals surface area (Å²) in [4.78, 5) is 12.8. The lowest BCUT2D eigenvalue weighted by atomic mass is 10.2. The van der Waals surface area contributed by atoms with Gasteiger partial charge >= 0.3 is 0 Å². The number of carbonyl (C=O) groups excluding carboxylic acids is 1. The molecule has 1 N–H and O–H groups in total. The Morgan fingerprint density at radius 3 is 2.10 bits per heavy atom. The van der Waals surface area contributed by atoms with Crippen molar-refractivity contribution in [2.75, 3.05) is 13.7 Å². The van der Waals surface area contributed by atoms with Gasteiger partial charge in [0.05, 0.1) is 24.8 Å². The monoisotopic (exact) mass is 543 g/mol. The second kappa shape index (κ2) is 13.4. The van der Waals surface area contributed by atoms with Crippen molar-refractivity contribution in [2.45, 2.75) is 18.0 Å². The fraction of sp³-hybridized carbons (Fsp3) is 0.133. The van der Waals surface area contributed by atoms with Gasteiger partial charge in [-0.25, -0.2) is 13.8 Å².